The quantitative estimate of drug-likeness (QED) is 0.268. The van der Waals surface area contributed by atoms with Crippen molar-refractivity contribution in [2.24, 2.45) is 4.99 Å². The number of ether oxygens (including phenoxy) is 2. The van der Waals surface area contributed by atoms with Crippen molar-refractivity contribution in [3.05, 3.63) is 65.7 Å². The van der Waals surface area contributed by atoms with Crippen LogP contribution in [-0.4, -0.2) is 33.3 Å². The second kappa shape index (κ2) is 12.5. The van der Waals surface area contributed by atoms with Gasteiger partial charge in [-0.05, 0) is 30.2 Å². The van der Waals surface area contributed by atoms with Crippen LogP contribution in [-0.2, 0) is 11.3 Å². The Bertz CT molecular complexity index is 665. The van der Waals surface area contributed by atoms with E-state index in [-0.39, 0.29) is 30.0 Å². The number of guanidine groups is 1. The van der Waals surface area contributed by atoms with Gasteiger partial charge in [0, 0.05) is 20.7 Å². The summed E-state index contributed by atoms with van der Waals surface area (Å²) in [4.78, 5) is 4.30. The highest BCUT2D eigenvalue weighted by atomic mass is 127. The van der Waals surface area contributed by atoms with Crippen LogP contribution < -0.4 is 15.4 Å². The number of hydrogen-bond donors (Lipinski definition) is 2. The fraction of sp³-hybridized carbons (Fsp3) is 0.350. The van der Waals surface area contributed by atoms with Gasteiger partial charge in [-0.15, -0.1) is 24.0 Å². The van der Waals surface area contributed by atoms with Gasteiger partial charge in [-0.2, -0.15) is 0 Å². The summed E-state index contributed by atoms with van der Waals surface area (Å²) < 4.78 is 10.6. The Morgan fingerprint density at radius 2 is 1.85 bits per heavy atom. The average Bonchev–Trinajstić information content (AvgIpc) is 2.66. The van der Waals surface area contributed by atoms with Crippen LogP contribution >= 0.6 is 24.0 Å². The van der Waals surface area contributed by atoms with E-state index < -0.39 is 0 Å². The summed E-state index contributed by atoms with van der Waals surface area (Å²) in [6.45, 7) is 3.91. The molecule has 0 aliphatic carbocycles. The maximum Gasteiger partial charge on any atom is 0.191 e. The highest BCUT2D eigenvalue weighted by molar-refractivity contribution is 14.0. The summed E-state index contributed by atoms with van der Waals surface area (Å²) in [5, 5.41) is 6.74. The number of nitrogens with one attached hydrogen (secondary N) is 2. The van der Waals surface area contributed by atoms with Crippen molar-refractivity contribution in [1.82, 2.24) is 10.6 Å². The number of methoxy groups -OCH3 is 1. The Labute approximate surface area is 173 Å². The molecule has 2 rings (SSSR count). The monoisotopic (exact) mass is 469 g/mol. The van der Waals surface area contributed by atoms with Crippen LogP contribution in [0.4, 0.5) is 0 Å². The fourth-order valence-corrected chi connectivity index (χ4v) is 2.40. The van der Waals surface area contributed by atoms with Gasteiger partial charge < -0.3 is 20.1 Å². The van der Waals surface area contributed by atoms with Gasteiger partial charge in [-0.1, -0.05) is 42.5 Å². The zero-order chi connectivity index (χ0) is 17.9. The van der Waals surface area contributed by atoms with Crippen molar-refractivity contribution in [2.75, 3.05) is 27.4 Å². The SMILES string of the molecule is CN=C(NCc1cccc(OCCOC)c1)NC(C)c1ccccc1.I. The fourth-order valence-electron chi connectivity index (χ4n) is 2.40. The van der Waals surface area contributed by atoms with Crippen LogP contribution in [0.15, 0.2) is 59.6 Å². The summed E-state index contributed by atoms with van der Waals surface area (Å²) in [5.74, 6) is 1.61. The molecule has 0 bridgehead atoms. The molecule has 0 amide bonds. The normalized spacial score (nSPS) is 12.0. The molecular weight excluding hydrogens is 441 g/mol. The Kier molecular flexibility index (Phi) is 10.7. The van der Waals surface area contributed by atoms with Crippen LogP contribution in [0.3, 0.4) is 0 Å². The number of hydrogen-bond acceptors (Lipinski definition) is 3. The van der Waals surface area contributed by atoms with Crippen molar-refractivity contribution in [3.63, 3.8) is 0 Å². The van der Waals surface area contributed by atoms with E-state index in [0.29, 0.717) is 19.8 Å². The molecule has 0 aliphatic heterocycles. The molecule has 1 unspecified atom stereocenters. The number of halogens is 1. The first-order valence-electron chi connectivity index (χ1n) is 8.45. The minimum absolute atomic E-state index is 0. The predicted octanol–water partition coefficient (Wildman–Crippen LogP) is 3.76. The van der Waals surface area contributed by atoms with E-state index in [2.05, 4.69) is 40.7 Å². The number of aliphatic imine (C=N–C) groups is 1. The minimum atomic E-state index is 0. The Balaban J connectivity index is 0.00000338. The maximum absolute atomic E-state index is 5.64. The molecule has 0 aromatic heterocycles. The molecule has 0 aliphatic rings. The predicted molar refractivity (Wildman–Crippen MR) is 117 cm³/mol. The third-order valence-electron chi connectivity index (χ3n) is 3.79. The highest BCUT2D eigenvalue weighted by Gasteiger charge is 2.07. The summed E-state index contributed by atoms with van der Waals surface area (Å²) in [7, 11) is 3.44. The third-order valence-corrected chi connectivity index (χ3v) is 3.79. The van der Waals surface area contributed by atoms with Crippen molar-refractivity contribution in [3.8, 4) is 5.75 Å². The molecule has 0 fully saturated rings. The lowest BCUT2D eigenvalue weighted by Gasteiger charge is -2.18. The molecule has 5 nitrogen and oxygen atoms in total. The largest absolute Gasteiger partial charge is 0.491 e. The van der Waals surface area contributed by atoms with Crippen LogP contribution in [0.1, 0.15) is 24.1 Å². The molecule has 142 valence electrons. The first-order valence-corrected chi connectivity index (χ1v) is 8.45. The molecule has 0 saturated heterocycles. The standard InChI is InChI=1S/C20H27N3O2.HI/c1-16(18-9-5-4-6-10-18)23-20(21-2)22-15-17-8-7-11-19(14-17)25-13-12-24-3;/h4-11,14,16H,12-13,15H2,1-3H3,(H2,21,22,23);1H. The minimum Gasteiger partial charge on any atom is -0.491 e. The van der Waals surface area contributed by atoms with Gasteiger partial charge in [0.1, 0.15) is 12.4 Å². The van der Waals surface area contributed by atoms with Crippen LogP contribution in [0.5, 0.6) is 5.75 Å². The van der Waals surface area contributed by atoms with Crippen LogP contribution in [0, 0.1) is 0 Å². The smallest absolute Gasteiger partial charge is 0.191 e. The third kappa shape index (κ3) is 7.61. The van der Waals surface area contributed by atoms with Crippen molar-refractivity contribution in [2.45, 2.75) is 19.5 Å². The molecule has 0 spiro atoms. The second-order valence-electron chi connectivity index (χ2n) is 5.69. The first-order chi connectivity index (χ1) is 12.2. The van der Waals surface area contributed by atoms with E-state index in [4.69, 9.17) is 9.47 Å². The zero-order valence-corrected chi connectivity index (χ0v) is 17.9. The zero-order valence-electron chi connectivity index (χ0n) is 15.6. The molecule has 1 atom stereocenters. The number of benzene rings is 2. The van der Waals surface area contributed by atoms with Crippen molar-refractivity contribution in [1.29, 1.82) is 0 Å². The second-order valence-corrected chi connectivity index (χ2v) is 5.69. The van der Waals surface area contributed by atoms with Gasteiger partial charge in [0.05, 0.1) is 12.6 Å². The molecule has 2 aromatic rings. The molecule has 0 heterocycles. The average molecular weight is 469 g/mol. The van der Waals surface area contributed by atoms with E-state index in [1.165, 1.54) is 5.56 Å². The molecule has 2 N–H and O–H groups in total. The van der Waals surface area contributed by atoms with E-state index in [1.54, 1.807) is 14.2 Å². The lowest BCUT2D eigenvalue weighted by Crippen LogP contribution is -2.38. The van der Waals surface area contributed by atoms with Crippen molar-refractivity contribution >= 4 is 29.9 Å². The number of nitrogens with zero attached hydrogens (tertiary/aromatic N) is 1. The van der Waals surface area contributed by atoms with Crippen LogP contribution in [0.25, 0.3) is 0 Å². The molecule has 0 saturated carbocycles. The van der Waals surface area contributed by atoms with Gasteiger partial charge in [0.2, 0.25) is 0 Å². The first kappa shape index (κ1) is 22.2. The van der Waals surface area contributed by atoms with Gasteiger partial charge in [0.25, 0.3) is 0 Å². The topological polar surface area (TPSA) is 54.9 Å². The molecule has 6 heteroatoms. The lowest BCUT2D eigenvalue weighted by molar-refractivity contribution is 0.146. The van der Waals surface area contributed by atoms with E-state index >= 15 is 0 Å². The molecular formula is C20H28IN3O2. The van der Waals surface area contributed by atoms with E-state index in [1.807, 2.05) is 36.4 Å². The summed E-state index contributed by atoms with van der Waals surface area (Å²) in [5.41, 5.74) is 2.35. The Morgan fingerprint density at radius 3 is 2.54 bits per heavy atom. The summed E-state index contributed by atoms with van der Waals surface area (Å²) >= 11 is 0. The Hall–Kier alpha value is -1.80. The lowest BCUT2D eigenvalue weighted by atomic mass is 10.1. The van der Waals surface area contributed by atoms with Gasteiger partial charge in [-0.25, -0.2) is 0 Å². The van der Waals surface area contributed by atoms with Gasteiger partial charge >= 0.3 is 0 Å². The molecule has 26 heavy (non-hydrogen) atoms. The van der Waals surface area contributed by atoms with E-state index in [0.717, 1.165) is 17.3 Å². The summed E-state index contributed by atoms with van der Waals surface area (Å²) in [6, 6.07) is 18.5. The van der Waals surface area contributed by atoms with Gasteiger partial charge in [0.15, 0.2) is 5.96 Å². The highest BCUT2D eigenvalue weighted by Crippen LogP contribution is 2.14. The van der Waals surface area contributed by atoms with Gasteiger partial charge in [-0.3, -0.25) is 4.99 Å². The number of rotatable bonds is 8. The van der Waals surface area contributed by atoms with Crippen molar-refractivity contribution < 1.29 is 9.47 Å². The van der Waals surface area contributed by atoms with Crippen LogP contribution in [0.2, 0.25) is 0 Å². The molecule has 2 aromatic carbocycles. The summed E-state index contributed by atoms with van der Waals surface area (Å²) in [6.07, 6.45) is 0. The molecule has 0 radical (unpaired) electrons. The maximum atomic E-state index is 5.64. The Morgan fingerprint density at radius 1 is 1.08 bits per heavy atom. The van der Waals surface area contributed by atoms with E-state index in [9.17, 15) is 0 Å².